The minimum absolute atomic E-state index is 0.0508. The van der Waals surface area contributed by atoms with Crippen molar-refractivity contribution in [3.63, 3.8) is 0 Å². The zero-order chi connectivity index (χ0) is 55.9. The van der Waals surface area contributed by atoms with Crippen LogP contribution in [-0.2, 0) is 32.7 Å². The number of phosphoric acid groups is 1. The molecule has 2 atom stereocenters. The molecule has 0 aliphatic heterocycles. The molecule has 0 fully saturated rings. The number of unbranched alkanes of at least 4 members (excludes halogenated alkanes) is 33. The van der Waals surface area contributed by atoms with Crippen LogP contribution >= 0.6 is 7.82 Å². The molecule has 77 heavy (non-hydrogen) atoms. The fourth-order valence-electron chi connectivity index (χ4n) is 9.05. The van der Waals surface area contributed by atoms with Gasteiger partial charge in [-0.2, -0.15) is 0 Å². The van der Waals surface area contributed by atoms with Gasteiger partial charge in [0.1, 0.15) is 6.61 Å². The molecule has 10 heteroatoms. The second-order valence-corrected chi connectivity index (χ2v) is 22.7. The number of hydrogen-bond acceptors (Lipinski definition) is 8. The van der Waals surface area contributed by atoms with Crippen molar-refractivity contribution in [3.8, 4) is 0 Å². The Morgan fingerprint density at radius 2 is 0.714 bits per heavy atom. The predicted octanol–water partition coefficient (Wildman–Crippen LogP) is 20.6. The molecule has 3 N–H and O–H groups in total. The zero-order valence-corrected chi connectivity index (χ0v) is 50.8. The third-order valence-corrected chi connectivity index (χ3v) is 14.7. The fraction of sp³-hybridized carbons (Fsp3) is 0.761. The Labute approximate surface area is 474 Å². The summed E-state index contributed by atoms with van der Waals surface area (Å²) in [5.41, 5.74) is 5.38. The van der Waals surface area contributed by atoms with Gasteiger partial charge >= 0.3 is 19.8 Å². The molecule has 446 valence electrons. The highest BCUT2D eigenvalue weighted by Crippen LogP contribution is 2.43. The highest BCUT2D eigenvalue weighted by molar-refractivity contribution is 7.47. The lowest BCUT2D eigenvalue weighted by Gasteiger charge is -2.19. The maximum absolute atomic E-state index is 12.7. The Balaban J connectivity index is 3.77. The first-order valence-corrected chi connectivity index (χ1v) is 33.6. The van der Waals surface area contributed by atoms with E-state index in [9.17, 15) is 19.0 Å². The van der Waals surface area contributed by atoms with Gasteiger partial charge in [0.15, 0.2) is 6.10 Å². The quantitative estimate of drug-likeness (QED) is 0.0264. The molecule has 0 aromatic carbocycles. The van der Waals surface area contributed by atoms with Gasteiger partial charge in [0.2, 0.25) is 0 Å². The molecule has 0 radical (unpaired) electrons. The Morgan fingerprint density at radius 1 is 0.403 bits per heavy atom. The van der Waals surface area contributed by atoms with Crippen LogP contribution in [0.3, 0.4) is 0 Å². The lowest BCUT2D eigenvalue weighted by molar-refractivity contribution is -0.161. The van der Waals surface area contributed by atoms with E-state index in [1.165, 1.54) is 173 Å². The maximum Gasteiger partial charge on any atom is 0.472 e. The van der Waals surface area contributed by atoms with Crippen LogP contribution in [0.1, 0.15) is 296 Å². The summed E-state index contributed by atoms with van der Waals surface area (Å²) >= 11 is 0. The molecule has 0 aromatic heterocycles. The summed E-state index contributed by atoms with van der Waals surface area (Å²) in [6, 6.07) is 0. The SMILES string of the molecule is CC/C=C\C/C=C\C/C=C\C/C=C\C/C=C\CCCCCCCCCCCCCCCCCCCCCCCCCCCC(=O)OC(COC(=O)CCCCCCC/C=C\C/C=C\CCCCC)COP(=O)(O)OCCN. The molecule has 0 spiro atoms. The van der Waals surface area contributed by atoms with Crippen molar-refractivity contribution in [3.05, 3.63) is 85.1 Å². The molecule has 0 amide bonds. The Kier molecular flexibility index (Phi) is 60.1. The largest absolute Gasteiger partial charge is 0.472 e. The van der Waals surface area contributed by atoms with Crippen molar-refractivity contribution in [1.82, 2.24) is 0 Å². The third-order valence-electron chi connectivity index (χ3n) is 13.8. The summed E-state index contributed by atoms with van der Waals surface area (Å²) in [5, 5.41) is 0. The molecule has 0 heterocycles. The number of ether oxygens (including phenoxy) is 2. The van der Waals surface area contributed by atoms with E-state index in [0.29, 0.717) is 12.8 Å². The van der Waals surface area contributed by atoms with Crippen molar-refractivity contribution in [2.75, 3.05) is 26.4 Å². The van der Waals surface area contributed by atoms with E-state index in [-0.39, 0.29) is 32.6 Å². The smallest absolute Gasteiger partial charge is 0.462 e. The summed E-state index contributed by atoms with van der Waals surface area (Å²) < 4.78 is 33.0. The number of nitrogens with two attached hydrogens (primary N) is 1. The Hall–Kier alpha value is -2.81. The number of carbonyl (C=O) groups is 2. The van der Waals surface area contributed by atoms with E-state index >= 15 is 0 Å². The normalized spacial score (nSPS) is 13.6. The number of hydrogen-bond donors (Lipinski definition) is 2. The highest BCUT2D eigenvalue weighted by Gasteiger charge is 2.26. The molecule has 0 bridgehead atoms. The summed E-state index contributed by atoms with van der Waals surface area (Å²) in [7, 11) is -4.39. The van der Waals surface area contributed by atoms with Crippen LogP contribution in [0.25, 0.3) is 0 Å². The average molecular weight is 1100 g/mol. The molecular weight excluding hydrogens is 978 g/mol. The van der Waals surface area contributed by atoms with Crippen molar-refractivity contribution < 1.29 is 37.6 Å². The van der Waals surface area contributed by atoms with Gasteiger partial charge in [-0.1, -0.05) is 279 Å². The van der Waals surface area contributed by atoms with E-state index in [1.807, 2.05) is 0 Å². The summed E-state index contributed by atoms with van der Waals surface area (Å²) in [4.78, 5) is 35.2. The number of allylic oxidation sites excluding steroid dienone is 14. The molecule has 0 aliphatic carbocycles. The topological polar surface area (TPSA) is 134 Å². The summed E-state index contributed by atoms with van der Waals surface area (Å²) in [5.74, 6) is -0.835. The second kappa shape index (κ2) is 62.4. The van der Waals surface area contributed by atoms with Crippen LogP contribution in [-0.4, -0.2) is 49.3 Å². The van der Waals surface area contributed by atoms with Crippen molar-refractivity contribution in [1.29, 1.82) is 0 Å². The van der Waals surface area contributed by atoms with Crippen molar-refractivity contribution >= 4 is 19.8 Å². The van der Waals surface area contributed by atoms with Crippen molar-refractivity contribution in [2.45, 2.75) is 302 Å². The van der Waals surface area contributed by atoms with Gasteiger partial charge in [-0.3, -0.25) is 18.6 Å². The fourth-order valence-corrected chi connectivity index (χ4v) is 9.81. The van der Waals surface area contributed by atoms with Gasteiger partial charge in [-0.25, -0.2) is 4.57 Å². The first-order chi connectivity index (χ1) is 37.8. The lowest BCUT2D eigenvalue weighted by atomic mass is 10.0. The van der Waals surface area contributed by atoms with Crippen LogP contribution in [0.2, 0.25) is 0 Å². The average Bonchev–Trinajstić information content (AvgIpc) is 3.42. The van der Waals surface area contributed by atoms with E-state index in [4.69, 9.17) is 24.3 Å². The number of phosphoric ester groups is 1. The van der Waals surface area contributed by atoms with Crippen LogP contribution in [0.4, 0.5) is 0 Å². The molecule has 0 aromatic rings. The highest BCUT2D eigenvalue weighted by atomic mass is 31.2. The van der Waals surface area contributed by atoms with E-state index in [2.05, 4.69) is 98.9 Å². The summed E-state index contributed by atoms with van der Waals surface area (Å²) in [6.07, 6.45) is 82.5. The van der Waals surface area contributed by atoms with Gasteiger partial charge in [0.05, 0.1) is 13.2 Å². The van der Waals surface area contributed by atoms with E-state index in [1.54, 1.807) is 0 Å². The van der Waals surface area contributed by atoms with E-state index < -0.39 is 32.5 Å². The van der Waals surface area contributed by atoms with Crippen LogP contribution < -0.4 is 5.73 Å². The second-order valence-electron chi connectivity index (χ2n) is 21.2. The number of carbonyl (C=O) groups excluding carboxylic acids is 2. The molecule has 0 saturated carbocycles. The Morgan fingerprint density at radius 3 is 1.06 bits per heavy atom. The molecule has 9 nitrogen and oxygen atoms in total. The van der Waals surface area contributed by atoms with Crippen LogP contribution in [0.5, 0.6) is 0 Å². The lowest BCUT2D eigenvalue weighted by Crippen LogP contribution is -2.29. The van der Waals surface area contributed by atoms with E-state index in [0.717, 1.165) is 83.5 Å². The monoisotopic (exact) mass is 1100 g/mol. The zero-order valence-electron chi connectivity index (χ0n) is 49.9. The number of esters is 2. The first kappa shape index (κ1) is 74.2. The van der Waals surface area contributed by atoms with Gasteiger partial charge in [0.25, 0.3) is 0 Å². The Bertz CT molecular complexity index is 1530. The van der Waals surface area contributed by atoms with Crippen LogP contribution in [0, 0.1) is 0 Å². The standard InChI is InChI=1S/C67H120NO8P/c1-3-5-7-9-11-13-15-17-19-20-21-22-23-24-25-26-27-28-29-30-31-32-33-34-35-36-37-38-39-40-41-42-43-44-46-48-50-52-54-56-58-60-67(70)76-65(64-75-77(71,72)74-62-61-68)63-73-66(69)59-57-55-53-51-49-47-45-18-16-14-12-10-8-6-4-2/h5,7,11-14,17-19,21-22,24-25,45,65H,3-4,6,8-10,15-16,20,23,26-44,46-64,68H2,1-2H3,(H,71,72)/b7-5-,13-11-,14-12-,19-17-,22-21-,25-24-,45-18-. The van der Waals surface area contributed by atoms with Gasteiger partial charge in [0, 0.05) is 19.4 Å². The van der Waals surface area contributed by atoms with Crippen molar-refractivity contribution in [2.24, 2.45) is 5.73 Å². The number of rotatable bonds is 60. The molecule has 0 rings (SSSR count). The first-order valence-electron chi connectivity index (χ1n) is 32.1. The van der Waals surface area contributed by atoms with Gasteiger partial charge < -0.3 is 20.1 Å². The molecular formula is C67H120NO8P. The predicted molar refractivity (Wildman–Crippen MR) is 330 cm³/mol. The molecule has 0 saturated heterocycles. The minimum Gasteiger partial charge on any atom is -0.462 e. The maximum atomic E-state index is 12.7. The summed E-state index contributed by atoms with van der Waals surface area (Å²) in [6.45, 7) is 3.61. The third kappa shape index (κ3) is 62.3. The van der Waals surface area contributed by atoms with Gasteiger partial charge in [-0.05, 0) is 89.9 Å². The van der Waals surface area contributed by atoms with Gasteiger partial charge in [-0.15, -0.1) is 0 Å². The van der Waals surface area contributed by atoms with Crippen LogP contribution in [0.15, 0.2) is 85.1 Å². The minimum atomic E-state index is -4.39. The molecule has 2 unspecified atom stereocenters. The molecule has 0 aliphatic rings.